The highest BCUT2D eigenvalue weighted by Crippen LogP contribution is 2.08. The molecule has 48 valence electrons. The molecular weight excluding hydrogens is 100 g/mol. The van der Waals surface area contributed by atoms with Gasteiger partial charge in [0.15, 0.2) is 0 Å². The van der Waals surface area contributed by atoms with Crippen LogP contribution in [0.15, 0.2) is 0 Å². The molecule has 1 saturated heterocycles. The van der Waals surface area contributed by atoms with Gasteiger partial charge in [0, 0.05) is 0 Å². The van der Waals surface area contributed by atoms with Crippen molar-refractivity contribution in [1.29, 1.82) is 0 Å². The third kappa shape index (κ3) is 1.46. The van der Waals surface area contributed by atoms with Crippen molar-refractivity contribution >= 4 is 0 Å². The smallest absolute Gasteiger partial charge is 0.00558 e. The Hall–Kier alpha value is -0.0800. The van der Waals surface area contributed by atoms with Crippen LogP contribution in [0.3, 0.4) is 0 Å². The molecule has 1 aliphatic rings. The highest BCUT2D eigenvalue weighted by atomic mass is 15.1. The maximum Gasteiger partial charge on any atom is -0.00558 e. The Kier molecular flexibility index (Phi) is 1.86. The third-order valence-electron chi connectivity index (χ3n) is 1.45. The summed E-state index contributed by atoms with van der Waals surface area (Å²) < 4.78 is 0. The molecule has 0 aromatic heterocycles. The Labute approximate surface area is 50.7 Å². The number of rotatable bonds is 0. The summed E-state index contributed by atoms with van der Waals surface area (Å²) in [7, 11) is 0. The second kappa shape index (κ2) is 2.46. The van der Waals surface area contributed by atoms with Gasteiger partial charge in [-0.15, -0.1) is 6.54 Å². The molecule has 1 heterocycles. The number of nitrogens with one attached hydrogen (secondary N) is 1. The molecule has 1 aliphatic heterocycles. The maximum atomic E-state index is 4.30. The minimum atomic E-state index is 0.395. The predicted octanol–water partition coefficient (Wildman–Crippen LogP) is 0.945. The largest absolute Gasteiger partial charge is 0.647 e. The Morgan fingerprint density at radius 1 is 1.50 bits per heavy atom. The first-order chi connectivity index (χ1) is 3.79. The van der Waals surface area contributed by atoms with E-state index < -0.39 is 0 Å². The Bertz CT molecular complexity index is 54.9. The fraction of sp³-hybridized carbons (Fsp3) is 1.00. The molecule has 0 radical (unpaired) electrons. The van der Waals surface area contributed by atoms with Crippen molar-refractivity contribution < 1.29 is 0 Å². The molecule has 8 heavy (non-hydrogen) atoms. The van der Waals surface area contributed by atoms with E-state index in [-0.39, 0.29) is 0 Å². The highest BCUT2D eigenvalue weighted by molar-refractivity contribution is 4.93. The van der Waals surface area contributed by atoms with Crippen LogP contribution in [0.4, 0.5) is 0 Å². The lowest BCUT2D eigenvalue weighted by Crippen LogP contribution is -2.36. The molecule has 1 rings (SSSR count). The fourth-order valence-electron chi connectivity index (χ4n) is 0.839. The first-order valence-corrected chi connectivity index (χ1v) is 3.19. The summed E-state index contributed by atoms with van der Waals surface area (Å²) in [4.78, 5) is 0. The molecule has 1 fully saturated rings. The van der Waals surface area contributed by atoms with E-state index >= 15 is 0 Å². The average Bonchev–Trinajstić information content (AvgIpc) is 1.77. The minimum Gasteiger partial charge on any atom is -0.647 e. The Balaban J connectivity index is 2.19. The zero-order chi connectivity index (χ0) is 5.98. The van der Waals surface area contributed by atoms with Crippen LogP contribution in [0, 0.1) is 5.92 Å². The van der Waals surface area contributed by atoms with E-state index in [9.17, 15) is 0 Å². The van der Waals surface area contributed by atoms with Gasteiger partial charge in [0.05, 0.1) is 0 Å². The van der Waals surface area contributed by atoms with Gasteiger partial charge < -0.3 is 10.6 Å². The number of hydrogen-bond donors (Lipinski definition) is 1. The highest BCUT2D eigenvalue weighted by Gasteiger charge is 2.01. The van der Waals surface area contributed by atoms with Crippen LogP contribution in [-0.4, -0.2) is 19.3 Å². The molecule has 2 nitrogen and oxygen atoms in total. The van der Waals surface area contributed by atoms with Gasteiger partial charge in [0.2, 0.25) is 0 Å². The molecule has 0 amide bonds. The van der Waals surface area contributed by atoms with Crippen LogP contribution in [0.2, 0.25) is 0 Å². The van der Waals surface area contributed by atoms with Gasteiger partial charge in [0.25, 0.3) is 0 Å². The van der Waals surface area contributed by atoms with Crippen molar-refractivity contribution in [3.8, 4) is 0 Å². The SMILES string of the molecule is CC1C[N-]C(C)NC1. The summed E-state index contributed by atoms with van der Waals surface area (Å²) >= 11 is 0. The van der Waals surface area contributed by atoms with Crippen molar-refractivity contribution in [3.05, 3.63) is 5.32 Å². The predicted molar refractivity (Wildman–Crippen MR) is 34.9 cm³/mol. The normalized spacial score (nSPS) is 39.8. The lowest BCUT2D eigenvalue weighted by atomic mass is 10.1. The van der Waals surface area contributed by atoms with Crippen molar-refractivity contribution in [2.45, 2.75) is 20.0 Å². The van der Waals surface area contributed by atoms with Gasteiger partial charge in [-0.3, -0.25) is 0 Å². The molecule has 2 unspecified atom stereocenters. The molecule has 0 aromatic carbocycles. The van der Waals surface area contributed by atoms with Gasteiger partial charge in [-0.1, -0.05) is 25.9 Å². The summed E-state index contributed by atoms with van der Waals surface area (Å²) in [6.07, 6.45) is 0.395. The van der Waals surface area contributed by atoms with Crippen LogP contribution < -0.4 is 5.32 Å². The second-order valence-electron chi connectivity index (χ2n) is 2.55. The van der Waals surface area contributed by atoms with Gasteiger partial charge in [-0.2, -0.15) is 0 Å². The maximum absolute atomic E-state index is 4.30. The van der Waals surface area contributed by atoms with Gasteiger partial charge in [-0.25, -0.2) is 0 Å². The fourth-order valence-corrected chi connectivity index (χ4v) is 0.839. The van der Waals surface area contributed by atoms with Crippen LogP contribution in [0.1, 0.15) is 13.8 Å². The third-order valence-corrected chi connectivity index (χ3v) is 1.45. The first kappa shape index (κ1) is 6.05. The average molecular weight is 113 g/mol. The van der Waals surface area contributed by atoms with Crippen LogP contribution >= 0.6 is 0 Å². The summed E-state index contributed by atoms with van der Waals surface area (Å²) in [6.45, 7) is 6.47. The van der Waals surface area contributed by atoms with E-state index in [0.29, 0.717) is 6.17 Å². The molecule has 1 N–H and O–H groups in total. The summed E-state index contributed by atoms with van der Waals surface area (Å²) in [5.74, 6) is 0.742. The molecule has 2 heteroatoms. The first-order valence-electron chi connectivity index (χ1n) is 3.19. The van der Waals surface area contributed by atoms with Gasteiger partial charge in [0.1, 0.15) is 0 Å². The molecule has 0 aliphatic carbocycles. The molecule has 0 saturated carbocycles. The van der Waals surface area contributed by atoms with Gasteiger partial charge >= 0.3 is 0 Å². The van der Waals surface area contributed by atoms with Crippen LogP contribution in [0.5, 0.6) is 0 Å². The van der Waals surface area contributed by atoms with E-state index in [0.717, 1.165) is 19.0 Å². The van der Waals surface area contributed by atoms with E-state index in [1.54, 1.807) is 0 Å². The van der Waals surface area contributed by atoms with Crippen LogP contribution in [0.25, 0.3) is 5.32 Å². The minimum absolute atomic E-state index is 0.395. The van der Waals surface area contributed by atoms with E-state index in [2.05, 4.69) is 24.5 Å². The quantitative estimate of drug-likeness (QED) is 0.497. The molecule has 0 spiro atoms. The standard InChI is InChI=1S/C6H13N2/c1-5-3-7-6(2)8-4-5/h5-7H,3-4H2,1-2H3/q-1. The molecule has 0 bridgehead atoms. The van der Waals surface area contributed by atoms with E-state index in [4.69, 9.17) is 0 Å². The molecule has 0 aromatic rings. The van der Waals surface area contributed by atoms with Crippen molar-refractivity contribution in [2.75, 3.05) is 13.1 Å². The lowest BCUT2D eigenvalue weighted by molar-refractivity contribution is 0.446. The topological polar surface area (TPSA) is 26.1 Å². The van der Waals surface area contributed by atoms with E-state index in [1.165, 1.54) is 0 Å². The number of hydrogen-bond acceptors (Lipinski definition) is 1. The summed E-state index contributed by atoms with van der Waals surface area (Å²) in [6, 6.07) is 0. The lowest BCUT2D eigenvalue weighted by Gasteiger charge is -2.38. The zero-order valence-electron chi connectivity index (χ0n) is 5.52. The zero-order valence-corrected chi connectivity index (χ0v) is 5.52. The second-order valence-corrected chi connectivity index (χ2v) is 2.55. The summed E-state index contributed by atoms with van der Waals surface area (Å²) in [5, 5.41) is 7.56. The monoisotopic (exact) mass is 113 g/mol. The molecule has 2 atom stereocenters. The Morgan fingerprint density at radius 3 is 2.62 bits per heavy atom. The Morgan fingerprint density at radius 2 is 2.25 bits per heavy atom. The van der Waals surface area contributed by atoms with Crippen molar-refractivity contribution in [3.63, 3.8) is 0 Å². The van der Waals surface area contributed by atoms with Gasteiger partial charge in [-0.05, 0) is 6.54 Å². The van der Waals surface area contributed by atoms with Crippen molar-refractivity contribution in [2.24, 2.45) is 5.92 Å². The van der Waals surface area contributed by atoms with E-state index in [1.807, 2.05) is 0 Å². The summed E-state index contributed by atoms with van der Waals surface area (Å²) in [5.41, 5.74) is 0. The molecular formula is C6H13N2-. The van der Waals surface area contributed by atoms with Crippen molar-refractivity contribution in [1.82, 2.24) is 5.32 Å². The number of nitrogens with zero attached hydrogens (tertiary/aromatic N) is 1. The van der Waals surface area contributed by atoms with Crippen LogP contribution in [-0.2, 0) is 0 Å².